The summed E-state index contributed by atoms with van der Waals surface area (Å²) in [5, 5.41) is 3.16. The monoisotopic (exact) mass is 384 g/mol. The highest BCUT2D eigenvalue weighted by Crippen LogP contribution is 2.35. The highest BCUT2D eigenvalue weighted by Gasteiger charge is 2.33. The minimum absolute atomic E-state index is 0.0298. The third-order valence-electron chi connectivity index (χ3n) is 5.53. The lowest BCUT2D eigenvalue weighted by atomic mass is 9.87. The molecule has 0 unspecified atom stereocenters. The van der Waals surface area contributed by atoms with E-state index < -0.39 is 10.0 Å². The summed E-state index contributed by atoms with van der Waals surface area (Å²) in [5.74, 6) is -0.107. The maximum atomic E-state index is 12.8. The second-order valence-corrected chi connectivity index (χ2v) is 9.43. The number of hydrogen-bond donors (Lipinski definition) is 1. The van der Waals surface area contributed by atoms with Gasteiger partial charge in [0.05, 0.1) is 18.0 Å². The van der Waals surface area contributed by atoms with Crippen LogP contribution in [0, 0.1) is 0 Å². The quantitative estimate of drug-likeness (QED) is 0.884. The van der Waals surface area contributed by atoms with Gasteiger partial charge in [0, 0.05) is 11.6 Å². The summed E-state index contributed by atoms with van der Waals surface area (Å²) < 4.78 is 25.5. The summed E-state index contributed by atoms with van der Waals surface area (Å²) in [6.45, 7) is 1.89. The van der Waals surface area contributed by atoms with Gasteiger partial charge in [0.2, 0.25) is 10.0 Å². The lowest BCUT2D eigenvalue weighted by Gasteiger charge is -2.26. The van der Waals surface area contributed by atoms with Gasteiger partial charge in [-0.3, -0.25) is 9.10 Å². The van der Waals surface area contributed by atoms with Crippen LogP contribution in [0.3, 0.4) is 0 Å². The van der Waals surface area contributed by atoms with E-state index in [1.165, 1.54) is 21.7 Å². The second kappa shape index (κ2) is 6.68. The molecular formula is C21H24N2O3S. The number of hydrogen-bond acceptors (Lipinski definition) is 3. The molecule has 6 heteroatoms. The first-order valence-electron chi connectivity index (χ1n) is 9.35. The fourth-order valence-corrected chi connectivity index (χ4v) is 5.66. The Hall–Kier alpha value is -2.34. The van der Waals surface area contributed by atoms with Gasteiger partial charge in [-0.1, -0.05) is 24.3 Å². The number of anilines is 1. The fraction of sp³-hybridized carbons (Fsp3) is 0.381. The topological polar surface area (TPSA) is 66.5 Å². The van der Waals surface area contributed by atoms with Gasteiger partial charge in [-0.2, -0.15) is 0 Å². The van der Waals surface area contributed by atoms with Gasteiger partial charge in [-0.05, 0) is 67.5 Å². The minimum atomic E-state index is -3.32. The number of carbonyl (C=O) groups excluding carboxylic acids is 1. The zero-order chi connectivity index (χ0) is 19.2. The predicted octanol–water partition coefficient (Wildman–Crippen LogP) is 3.20. The van der Waals surface area contributed by atoms with E-state index in [1.54, 1.807) is 12.1 Å². The fourth-order valence-electron chi connectivity index (χ4n) is 4.39. The van der Waals surface area contributed by atoms with Crippen molar-refractivity contribution >= 4 is 21.6 Å². The van der Waals surface area contributed by atoms with Crippen molar-refractivity contribution in [3.63, 3.8) is 0 Å². The summed E-state index contributed by atoms with van der Waals surface area (Å²) in [6.07, 6.45) is 4.90. The van der Waals surface area contributed by atoms with Gasteiger partial charge in [-0.25, -0.2) is 8.42 Å². The van der Waals surface area contributed by atoms with Crippen LogP contribution in [0.5, 0.6) is 0 Å². The maximum Gasteiger partial charge on any atom is 0.251 e. The van der Waals surface area contributed by atoms with E-state index in [0.29, 0.717) is 17.7 Å². The van der Waals surface area contributed by atoms with Crippen molar-refractivity contribution in [2.24, 2.45) is 0 Å². The molecule has 0 radical (unpaired) electrons. The molecule has 1 amide bonds. The van der Waals surface area contributed by atoms with Gasteiger partial charge >= 0.3 is 0 Å². The highest BCUT2D eigenvalue weighted by molar-refractivity contribution is 7.92. The average Bonchev–Trinajstić information content (AvgIpc) is 2.97. The number of sulfonamides is 1. The van der Waals surface area contributed by atoms with E-state index in [0.717, 1.165) is 24.8 Å². The molecule has 2 atom stereocenters. The molecule has 1 aliphatic heterocycles. The molecule has 0 spiro atoms. The van der Waals surface area contributed by atoms with Crippen LogP contribution in [0.1, 0.15) is 52.9 Å². The number of nitrogens with zero attached hydrogens (tertiary/aromatic N) is 1. The molecular weight excluding hydrogens is 360 g/mol. The van der Waals surface area contributed by atoms with Crippen molar-refractivity contribution < 1.29 is 13.2 Å². The van der Waals surface area contributed by atoms with E-state index in [-0.39, 0.29) is 18.0 Å². The Kier molecular flexibility index (Phi) is 4.46. The van der Waals surface area contributed by atoms with Crippen LogP contribution in [-0.4, -0.2) is 26.6 Å². The molecule has 5 nitrogen and oxygen atoms in total. The van der Waals surface area contributed by atoms with Crippen molar-refractivity contribution in [1.29, 1.82) is 0 Å². The first kappa shape index (κ1) is 18.0. The van der Waals surface area contributed by atoms with Crippen molar-refractivity contribution in [2.75, 3.05) is 10.6 Å². The summed E-state index contributed by atoms with van der Waals surface area (Å²) in [7, 11) is -3.32. The Morgan fingerprint density at radius 1 is 1.15 bits per heavy atom. The Labute approximate surface area is 160 Å². The second-order valence-electron chi connectivity index (χ2n) is 7.57. The SMILES string of the molecule is C[C@H]1Cc2cc(C(=O)N[C@@H]3CCCc4ccccc43)ccc2N1S(C)(=O)=O. The number of nitrogens with one attached hydrogen (secondary N) is 1. The summed E-state index contributed by atoms with van der Waals surface area (Å²) in [5.41, 5.74) is 4.68. The molecule has 0 bridgehead atoms. The molecule has 1 aliphatic carbocycles. The van der Waals surface area contributed by atoms with Crippen LogP contribution in [0.25, 0.3) is 0 Å². The van der Waals surface area contributed by atoms with Gasteiger partial charge in [0.25, 0.3) is 5.91 Å². The Bertz CT molecular complexity index is 1000. The Morgan fingerprint density at radius 2 is 1.93 bits per heavy atom. The summed E-state index contributed by atoms with van der Waals surface area (Å²) >= 11 is 0. The zero-order valence-corrected chi connectivity index (χ0v) is 16.4. The molecule has 27 heavy (non-hydrogen) atoms. The van der Waals surface area contributed by atoms with Gasteiger partial charge in [0.15, 0.2) is 0 Å². The molecule has 2 aliphatic rings. The first-order valence-corrected chi connectivity index (χ1v) is 11.2. The van der Waals surface area contributed by atoms with E-state index in [4.69, 9.17) is 0 Å². The van der Waals surface area contributed by atoms with Crippen molar-refractivity contribution in [1.82, 2.24) is 5.32 Å². The third kappa shape index (κ3) is 3.34. The molecule has 1 heterocycles. The van der Waals surface area contributed by atoms with Gasteiger partial charge in [-0.15, -0.1) is 0 Å². The molecule has 1 N–H and O–H groups in total. The Balaban J connectivity index is 1.58. The molecule has 0 fully saturated rings. The summed E-state index contributed by atoms with van der Waals surface area (Å²) in [6, 6.07) is 13.5. The molecule has 0 aromatic heterocycles. The van der Waals surface area contributed by atoms with Gasteiger partial charge < -0.3 is 5.32 Å². The molecule has 0 saturated heterocycles. The van der Waals surface area contributed by atoms with Crippen LogP contribution in [-0.2, 0) is 22.9 Å². The Morgan fingerprint density at radius 3 is 2.70 bits per heavy atom. The normalized spacial score (nSPS) is 21.5. The molecule has 0 saturated carbocycles. The van der Waals surface area contributed by atoms with E-state index in [9.17, 15) is 13.2 Å². The smallest absolute Gasteiger partial charge is 0.251 e. The number of fused-ring (bicyclic) bond motifs is 2. The van der Waals surface area contributed by atoms with Crippen LogP contribution in [0.2, 0.25) is 0 Å². The predicted molar refractivity (Wildman–Crippen MR) is 107 cm³/mol. The van der Waals surface area contributed by atoms with Crippen LogP contribution in [0.15, 0.2) is 42.5 Å². The standard InChI is InChI=1S/C21H24N2O3S/c1-14-12-17-13-16(10-11-20(17)23(14)27(2,25)26)21(24)22-19-9-5-7-15-6-3-4-8-18(15)19/h3-4,6,8,10-11,13-14,19H,5,7,9,12H2,1-2H3,(H,22,24)/t14-,19+/m0/s1. The van der Waals surface area contributed by atoms with Crippen molar-refractivity contribution in [3.05, 3.63) is 64.7 Å². The van der Waals surface area contributed by atoms with E-state index in [1.807, 2.05) is 25.1 Å². The highest BCUT2D eigenvalue weighted by atomic mass is 32.2. The third-order valence-corrected chi connectivity index (χ3v) is 6.80. The maximum absolute atomic E-state index is 12.8. The lowest BCUT2D eigenvalue weighted by Crippen LogP contribution is -2.34. The number of carbonyl (C=O) groups is 1. The first-order chi connectivity index (χ1) is 12.8. The molecule has 142 valence electrons. The van der Waals surface area contributed by atoms with Crippen LogP contribution in [0.4, 0.5) is 5.69 Å². The zero-order valence-electron chi connectivity index (χ0n) is 15.6. The molecule has 2 aromatic rings. The van der Waals surface area contributed by atoms with Gasteiger partial charge in [0.1, 0.15) is 0 Å². The van der Waals surface area contributed by atoms with Crippen molar-refractivity contribution in [2.45, 2.75) is 44.7 Å². The number of rotatable bonds is 3. The number of aryl methyl sites for hydroxylation is 1. The summed E-state index contributed by atoms with van der Waals surface area (Å²) in [4.78, 5) is 12.8. The largest absolute Gasteiger partial charge is 0.345 e. The number of amides is 1. The number of benzene rings is 2. The van der Waals surface area contributed by atoms with Crippen molar-refractivity contribution in [3.8, 4) is 0 Å². The van der Waals surface area contributed by atoms with Crippen LogP contribution < -0.4 is 9.62 Å². The molecule has 4 rings (SSSR count). The minimum Gasteiger partial charge on any atom is -0.345 e. The average molecular weight is 385 g/mol. The van der Waals surface area contributed by atoms with E-state index >= 15 is 0 Å². The molecule has 2 aromatic carbocycles. The van der Waals surface area contributed by atoms with Crippen LogP contribution >= 0.6 is 0 Å². The van der Waals surface area contributed by atoms with E-state index in [2.05, 4.69) is 17.4 Å². The lowest BCUT2D eigenvalue weighted by molar-refractivity contribution is 0.0932.